The highest BCUT2D eigenvalue weighted by Gasteiger charge is 2.15. The van der Waals surface area contributed by atoms with Crippen LogP contribution in [0.2, 0.25) is 0 Å². The van der Waals surface area contributed by atoms with Crippen molar-refractivity contribution in [1.29, 1.82) is 0 Å². The number of esters is 1. The number of hydrogen-bond acceptors (Lipinski definition) is 2. The van der Waals surface area contributed by atoms with Crippen LogP contribution in [-0.4, -0.2) is 13.1 Å². The summed E-state index contributed by atoms with van der Waals surface area (Å²) < 4.78 is 5.65. The van der Waals surface area contributed by atoms with Crippen LogP contribution < -0.4 is 0 Å². The van der Waals surface area contributed by atoms with E-state index in [4.69, 9.17) is 4.74 Å². The molecule has 2 nitrogen and oxygen atoms in total. The van der Waals surface area contributed by atoms with Gasteiger partial charge in [0.15, 0.2) is 0 Å². The Morgan fingerprint density at radius 3 is 2.47 bits per heavy atom. The van der Waals surface area contributed by atoms with E-state index in [0.717, 1.165) is 15.6 Å². The summed E-state index contributed by atoms with van der Waals surface area (Å²) in [5.74, 6) is -0.312. The van der Waals surface area contributed by atoms with E-state index in [1.807, 2.05) is 12.1 Å². The summed E-state index contributed by atoms with van der Waals surface area (Å²) in [6.45, 7) is 0. The molecule has 5 heteroatoms. The van der Waals surface area contributed by atoms with Crippen LogP contribution in [-0.2, 0) is 15.4 Å². The van der Waals surface area contributed by atoms with Crippen molar-refractivity contribution >= 4 is 53.8 Å². The van der Waals surface area contributed by atoms with Crippen molar-refractivity contribution in [3.63, 3.8) is 0 Å². The minimum atomic E-state index is -0.312. The Labute approximate surface area is 114 Å². The second kappa shape index (κ2) is 6.01. The Kier molecular flexibility index (Phi) is 5.29. The summed E-state index contributed by atoms with van der Waals surface area (Å²) in [7, 11) is 1.38. The molecule has 82 valence electrons. The molecule has 15 heavy (non-hydrogen) atoms. The molecule has 0 bridgehead atoms. The number of benzene rings is 1. The number of carbonyl (C=O) groups excluding carboxylic acids is 1. The zero-order valence-electron chi connectivity index (χ0n) is 8.02. The van der Waals surface area contributed by atoms with Crippen LogP contribution in [0.4, 0.5) is 0 Å². The molecule has 0 heterocycles. The fourth-order valence-corrected chi connectivity index (χ4v) is 3.15. The third-order valence-electron chi connectivity index (χ3n) is 1.95. The highest BCUT2D eigenvalue weighted by Crippen LogP contribution is 2.27. The summed E-state index contributed by atoms with van der Waals surface area (Å²) in [5, 5.41) is 1.32. The van der Waals surface area contributed by atoms with Gasteiger partial charge in [-0.3, -0.25) is 0 Å². The molecule has 1 aromatic rings. The summed E-state index contributed by atoms with van der Waals surface area (Å²) in [5.41, 5.74) is 2.54. The fourth-order valence-electron chi connectivity index (χ4n) is 1.20. The van der Waals surface area contributed by atoms with Gasteiger partial charge in [0.1, 0.15) is 0 Å². The molecule has 0 amide bonds. The van der Waals surface area contributed by atoms with Crippen molar-refractivity contribution in [2.75, 3.05) is 7.11 Å². The van der Waals surface area contributed by atoms with Gasteiger partial charge in [0, 0.05) is 15.1 Å². The van der Waals surface area contributed by atoms with Gasteiger partial charge < -0.3 is 4.74 Å². The van der Waals surface area contributed by atoms with Gasteiger partial charge in [-0.2, -0.15) is 0 Å². The normalized spacial score (nSPS) is 10.1. The Morgan fingerprint density at radius 1 is 1.33 bits per heavy atom. The van der Waals surface area contributed by atoms with Gasteiger partial charge in [0.25, 0.3) is 0 Å². The lowest BCUT2D eigenvalue weighted by atomic mass is 10.1. The minimum Gasteiger partial charge on any atom is -0.465 e. The number of ether oxygens (including phenoxy) is 1. The zero-order chi connectivity index (χ0) is 11.4. The lowest BCUT2D eigenvalue weighted by Gasteiger charge is -2.09. The third-order valence-corrected chi connectivity index (χ3v) is 3.86. The Balaban J connectivity index is 3.32. The maximum Gasteiger partial charge on any atom is 0.338 e. The molecule has 1 rings (SSSR count). The number of hydrogen-bond donors (Lipinski definition) is 0. The number of halogens is 3. The molecule has 0 radical (unpaired) electrons. The predicted octanol–water partition coefficient (Wildman–Crippen LogP) is 4.03. The first-order chi connectivity index (χ1) is 7.13. The topological polar surface area (TPSA) is 26.3 Å². The molecule has 0 aliphatic rings. The highest BCUT2D eigenvalue weighted by atomic mass is 79.9. The van der Waals surface area contributed by atoms with Crippen molar-refractivity contribution in [3.05, 3.63) is 33.3 Å². The molecule has 1 aromatic carbocycles. The zero-order valence-corrected chi connectivity index (χ0v) is 12.8. The quantitative estimate of drug-likeness (QED) is 0.565. The van der Waals surface area contributed by atoms with Crippen molar-refractivity contribution in [2.24, 2.45) is 0 Å². The van der Waals surface area contributed by atoms with E-state index in [9.17, 15) is 4.79 Å². The standard InChI is InChI=1S/C10H9Br3O2/c1-15-10(14)7-2-6(4-11)3-9(13)8(7)5-12/h2-3H,4-5H2,1H3. The molecular weight excluding hydrogens is 392 g/mol. The smallest absolute Gasteiger partial charge is 0.338 e. The second-order valence-electron chi connectivity index (χ2n) is 2.86. The first-order valence-corrected chi connectivity index (χ1v) is 7.19. The average Bonchev–Trinajstić information content (AvgIpc) is 2.26. The second-order valence-corrected chi connectivity index (χ2v) is 4.84. The van der Waals surface area contributed by atoms with Gasteiger partial charge in [-0.25, -0.2) is 4.79 Å². The lowest BCUT2D eigenvalue weighted by Crippen LogP contribution is -2.06. The van der Waals surface area contributed by atoms with Crippen LogP contribution in [0.1, 0.15) is 21.5 Å². The Hall–Kier alpha value is 0.130. The van der Waals surface area contributed by atoms with E-state index >= 15 is 0 Å². The van der Waals surface area contributed by atoms with E-state index < -0.39 is 0 Å². The monoisotopic (exact) mass is 398 g/mol. The fraction of sp³-hybridized carbons (Fsp3) is 0.300. The molecule has 0 aliphatic heterocycles. The molecule has 0 N–H and O–H groups in total. The van der Waals surface area contributed by atoms with E-state index in [1.165, 1.54) is 7.11 Å². The van der Waals surface area contributed by atoms with Crippen LogP contribution in [0.25, 0.3) is 0 Å². The van der Waals surface area contributed by atoms with Crippen molar-refractivity contribution in [2.45, 2.75) is 10.7 Å². The largest absolute Gasteiger partial charge is 0.465 e. The lowest BCUT2D eigenvalue weighted by molar-refractivity contribution is 0.0599. The number of carbonyl (C=O) groups is 1. The van der Waals surface area contributed by atoms with Crippen molar-refractivity contribution in [3.8, 4) is 0 Å². The summed E-state index contributed by atoms with van der Waals surface area (Å²) in [4.78, 5) is 11.5. The average molecular weight is 401 g/mol. The molecule has 0 saturated carbocycles. The third kappa shape index (κ3) is 3.04. The predicted molar refractivity (Wildman–Crippen MR) is 70.7 cm³/mol. The molecule has 0 saturated heterocycles. The first kappa shape index (κ1) is 13.2. The minimum absolute atomic E-state index is 0.312. The maximum atomic E-state index is 11.5. The van der Waals surface area contributed by atoms with Gasteiger partial charge in [0.05, 0.1) is 12.7 Å². The molecule has 0 spiro atoms. The van der Waals surface area contributed by atoms with Gasteiger partial charge in [0.2, 0.25) is 0 Å². The van der Waals surface area contributed by atoms with E-state index in [2.05, 4.69) is 47.8 Å². The van der Waals surface area contributed by atoms with E-state index in [0.29, 0.717) is 16.2 Å². The van der Waals surface area contributed by atoms with Gasteiger partial charge >= 0.3 is 5.97 Å². The van der Waals surface area contributed by atoms with Crippen LogP contribution in [0.15, 0.2) is 16.6 Å². The Morgan fingerprint density at radius 2 is 2.00 bits per heavy atom. The maximum absolute atomic E-state index is 11.5. The summed E-state index contributed by atoms with van der Waals surface area (Å²) >= 11 is 10.2. The molecular formula is C10H9Br3O2. The van der Waals surface area contributed by atoms with Crippen LogP contribution in [0, 0.1) is 0 Å². The SMILES string of the molecule is COC(=O)c1cc(CBr)cc(Br)c1CBr. The van der Waals surface area contributed by atoms with Crippen molar-refractivity contribution < 1.29 is 9.53 Å². The first-order valence-electron chi connectivity index (χ1n) is 4.15. The van der Waals surface area contributed by atoms with Gasteiger partial charge in [-0.05, 0) is 23.3 Å². The van der Waals surface area contributed by atoms with Crippen LogP contribution in [0.3, 0.4) is 0 Å². The molecule has 0 aromatic heterocycles. The number of methoxy groups -OCH3 is 1. The van der Waals surface area contributed by atoms with Gasteiger partial charge in [-0.1, -0.05) is 47.8 Å². The highest BCUT2D eigenvalue weighted by molar-refractivity contribution is 9.10. The van der Waals surface area contributed by atoms with E-state index in [-0.39, 0.29) is 5.97 Å². The van der Waals surface area contributed by atoms with Gasteiger partial charge in [-0.15, -0.1) is 0 Å². The van der Waals surface area contributed by atoms with Crippen LogP contribution >= 0.6 is 47.8 Å². The number of alkyl halides is 2. The van der Waals surface area contributed by atoms with Crippen molar-refractivity contribution in [1.82, 2.24) is 0 Å². The summed E-state index contributed by atoms with van der Waals surface area (Å²) in [6, 6.07) is 3.82. The van der Waals surface area contributed by atoms with E-state index in [1.54, 1.807) is 0 Å². The molecule has 0 atom stereocenters. The number of rotatable bonds is 3. The molecule has 0 aliphatic carbocycles. The summed E-state index contributed by atoms with van der Waals surface area (Å²) in [6.07, 6.45) is 0. The van der Waals surface area contributed by atoms with Crippen LogP contribution in [0.5, 0.6) is 0 Å². The Bertz CT molecular complexity index is 377. The molecule has 0 fully saturated rings. The molecule has 0 unspecified atom stereocenters.